The molecule has 1 saturated heterocycles. The molecule has 3 nitrogen and oxygen atoms in total. The summed E-state index contributed by atoms with van der Waals surface area (Å²) < 4.78 is 0. The Labute approximate surface area is 134 Å². The van der Waals surface area contributed by atoms with E-state index >= 15 is 0 Å². The molecule has 0 aliphatic carbocycles. The van der Waals surface area contributed by atoms with E-state index in [9.17, 15) is 4.79 Å². The summed E-state index contributed by atoms with van der Waals surface area (Å²) >= 11 is 0. The molecule has 1 heterocycles. The van der Waals surface area contributed by atoms with Crippen molar-refractivity contribution in [3.63, 3.8) is 0 Å². The standard InChI is InChI=1S/C19H30N2O/c1-4-17(15(2)3)18(22)21-12-10-19(14-20,11-13-21)16-8-6-5-7-9-16/h5-9,15,17H,4,10-14,20H2,1-3H3/t17-/m0/s1. The first-order valence-electron chi connectivity index (χ1n) is 8.58. The van der Waals surface area contributed by atoms with Crippen molar-refractivity contribution < 1.29 is 4.79 Å². The smallest absolute Gasteiger partial charge is 0.225 e. The van der Waals surface area contributed by atoms with Crippen LogP contribution in [0.1, 0.15) is 45.6 Å². The van der Waals surface area contributed by atoms with Crippen LogP contribution in [0.4, 0.5) is 0 Å². The van der Waals surface area contributed by atoms with Crippen molar-refractivity contribution in [1.29, 1.82) is 0 Å². The predicted molar refractivity (Wildman–Crippen MR) is 91.6 cm³/mol. The first kappa shape index (κ1) is 17.0. The number of amides is 1. The van der Waals surface area contributed by atoms with E-state index < -0.39 is 0 Å². The zero-order valence-corrected chi connectivity index (χ0v) is 14.2. The number of carbonyl (C=O) groups is 1. The fraction of sp³-hybridized carbons (Fsp3) is 0.632. The van der Waals surface area contributed by atoms with E-state index in [1.807, 2.05) is 6.07 Å². The number of nitrogens with zero attached hydrogens (tertiary/aromatic N) is 1. The highest BCUT2D eigenvalue weighted by Crippen LogP contribution is 2.35. The van der Waals surface area contributed by atoms with Crippen molar-refractivity contribution in [2.75, 3.05) is 19.6 Å². The quantitative estimate of drug-likeness (QED) is 0.908. The van der Waals surface area contributed by atoms with Gasteiger partial charge in [0.05, 0.1) is 0 Å². The summed E-state index contributed by atoms with van der Waals surface area (Å²) in [6.07, 6.45) is 2.86. The van der Waals surface area contributed by atoms with Gasteiger partial charge in [-0.05, 0) is 30.7 Å². The van der Waals surface area contributed by atoms with Gasteiger partial charge in [0.1, 0.15) is 0 Å². The molecule has 1 amide bonds. The van der Waals surface area contributed by atoms with Gasteiger partial charge in [0.15, 0.2) is 0 Å². The molecule has 2 N–H and O–H groups in total. The predicted octanol–water partition coefficient (Wildman–Crippen LogP) is 3.19. The summed E-state index contributed by atoms with van der Waals surface area (Å²) in [7, 11) is 0. The van der Waals surface area contributed by atoms with Crippen molar-refractivity contribution in [2.45, 2.75) is 45.4 Å². The molecule has 0 saturated carbocycles. The molecule has 1 aromatic carbocycles. The molecule has 0 radical (unpaired) electrons. The SMILES string of the molecule is CC[C@H](C(=O)N1CCC(CN)(c2ccccc2)CC1)C(C)C. The van der Waals surface area contributed by atoms with E-state index in [-0.39, 0.29) is 11.3 Å². The van der Waals surface area contributed by atoms with Crippen molar-refractivity contribution in [3.05, 3.63) is 35.9 Å². The van der Waals surface area contributed by atoms with Gasteiger partial charge < -0.3 is 10.6 Å². The number of piperidine rings is 1. The second-order valence-corrected chi connectivity index (χ2v) is 6.93. The molecule has 1 aliphatic rings. The third kappa shape index (κ3) is 3.35. The highest BCUT2D eigenvalue weighted by molar-refractivity contribution is 5.79. The summed E-state index contributed by atoms with van der Waals surface area (Å²) in [5.74, 6) is 0.895. The third-order valence-corrected chi connectivity index (χ3v) is 5.37. The molecule has 0 aromatic heterocycles. The average molecular weight is 302 g/mol. The molecule has 122 valence electrons. The largest absolute Gasteiger partial charge is 0.342 e. The van der Waals surface area contributed by atoms with E-state index in [1.54, 1.807) is 0 Å². The summed E-state index contributed by atoms with van der Waals surface area (Å²) in [6, 6.07) is 10.5. The fourth-order valence-electron chi connectivity index (χ4n) is 3.72. The topological polar surface area (TPSA) is 46.3 Å². The molecule has 0 spiro atoms. The zero-order valence-electron chi connectivity index (χ0n) is 14.2. The van der Waals surface area contributed by atoms with Crippen LogP contribution in [0.2, 0.25) is 0 Å². The third-order valence-electron chi connectivity index (χ3n) is 5.37. The molecule has 2 rings (SSSR count). The Morgan fingerprint density at radius 1 is 1.23 bits per heavy atom. The van der Waals surface area contributed by atoms with Gasteiger partial charge in [-0.15, -0.1) is 0 Å². The van der Waals surface area contributed by atoms with Crippen LogP contribution in [0.3, 0.4) is 0 Å². The van der Waals surface area contributed by atoms with E-state index in [4.69, 9.17) is 5.73 Å². The Hall–Kier alpha value is -1.35. The van der Waals surface area contributed by atoms with E-state index in [2.05, 4.69) is 49.9 Å². The van der Waals surface area contributed by atoms with Crippen LogP contribution >= 0.6 is 0 Å². The minimum absolute atomic E-state index is 0.0393. The maximum Gasteiger partial charge on any atom is 0.225 e. The van der Waals surface area contributed by atoms with Crippen LogP contribution < -0.4 is 5.73 Å². The van der Waals surface area contributed by atoms with Crippen molar-refractivity contribution in [1.82, 2.24) is 4.90 Å². The Bertz CT molecular complexity index is 475. The van der Waals surface area contributed by atoms with Crippen LogP contribution in [-0.4, -0.2) is 30.4 Å². The Kier molecular flexibility index (Phi) is 5.63. The monoisotopic (exact) mass is 302 g/mol. The lowest BCUT2D eigenvalue weighted by atomic mass is 9.72. The lowest BCUT2D eigenvalue weighted by molar-refractivity contribution is -0.138. The van der Waals surface area contributed by atoms with E-state index in [0.29, 0.717) is 18.4 Å². The van der Waals surface area contributed by atoms with Gasteiger partial charge in [-0.1, -0.05) is 51.1 Å². The minimum atomic E-state index is 0.0393. The summed E-state index contributed by atoms with van der Waals surface area (Å²) in [6.45, 7) is 8.71. The van der Waals surface area contributed by atoms with Gasteiger partial charge in [-0.3, -0.25) is 4.79 Å². The average Bonchev–Trinajstić information content (AvgIpc) is 2.56. The van der Waals surface area contributed by atoms with Crippen LogP contribution in [0.25, 0.3) is 0 Å². The Morgan fingerprint density at radius 2 is 1.82 bits per heavy atom. The highest BCUT2D eigenvalue weighted by Gasteiger charge is 2.37. The molecule has 22 heavy (non-hydrogen) atoms. The number of rotatable bonds is 5. The van der Waals surface area contributed by atoms with E-state index in [0.717, 1.165) is 32.4 Å². The zero-order chi connectivity index (χ0) is 16.2. The van der Waals surface area contributed by atoms with Crippen LogP contribution in [0, 0.1) is 11.8 Å². The summed E-state index contributed by atoms with van der Waals surface area (Å²) in [4.78, 5) is 14.8. The minimum Gasteiger partial charge on any atom is -0.342 e. The maximum absolute atomic E-state index is 12.7. The van der Waals surface area contributed by atoms with Crippen LogP contribution in [0.5, 0.6) is 0 Å². The van der Waals surface area contributed by atoms with Crippen molar-refractivity contribution in [3.8, 4) is 0 Å². The Balaban J connectivity index is 2.07. The first-order valence-corrected chi connectivity index (χ1v) is 8.58. The normalized spacial score (nSPS) is 19.2. The highest BCUT2D eigenvalue weighted by atomic mass is 16.2. The van der Waals surface area contributed by atoms with Crippen molar-refractivity contribution >= 4 is 5.91 Å². The van der Waals surface area contributed by atoms with Gasteiger partial charge >= 0.3 is 0 Å². The van der Waals surface area contributed by atoms with Gasteiger partial charge in [0, 0.05) is 31.0 Å². The maximum atomic E-state index is 12.7. The van der Waals surface area contributed by atoms with Gasteiger partial charge in [0.25, 0.3) is 0 Å². The number of benzene rings is 1. The molecule has 0 unspecified atom stereocenters. The number of carbonyl (C=O) groups excluding carboxylic acids is 1. The lowest BCUT2D eigenvalue weighted by Crippen LogP contribution is -2.50. The number of hydrogen-bond donors (Lipinski definition) is 1. The number of hydrogen-bond acceptors (Lipinski definition) is 2. The van der Waals surface area contributed by atoms with Gasteiger partial charge in [0.2, 0.25) is 5.91 Å². The number of likely N-dealkylation sites (tertiary alicyclic amines) is 1. The lowest BCUT2D eigenvalue weighted by Gasteiger charge is -2.42. The first-order chi connectivity index (χ1) is 10.5. The van der Waals surface area contributed by atoms with E-state index in [1.165, 1.54) is 5.56 Å². The fourth-order valence-corrected chi connectivity index (χ4v) is 3.72. The second kappa shape index (κ2) is 7.28. The van der Waals surface area contributed by atoms with Crippen molar-refractivity contribution in [2.24, 2.45) is 17.6 Å². The van der Waals surface area contributed by atoms with Gasteiger partial charge in [-0.25, -0.2) is 0 Å². The second-order valence-electron chi connectivity index (χ2n) is 6.93. The summed E-state index contributed by atoms with van der Waals surface area (Å²) in [5.41, 5.74) is 7.48. The number of nitrogens with two attached hydrogens (primary N) is 1. The molecule has 1 atom stereocenters. The molecule has 0 bridgehead atoms. The molecular weight excluding hydrogens is 272 g/mol. The molecule has 1 fully saturated rings. The summed E-state index contributed by atoms with van der Waals surface area (Å²) in [5, 5.41) is 0. The van der Waals surface area contributed by atoms with Gasteiger partial charge in [-0.2, -0.15) is 0 Å². The molecule has 3 heteroatoms. The molecule has 1 aliphatic heterocycles. The van der Waals surface area contributed by atoms with Crippen LogP contribution in [-0.2, 0) is 10.2 Å². The Morgan fingerprint density at radius 3 is 2.27 bits per heavy atom. The molecular formula is C19H30N2O. The molecule has 1 aromatic rings. The van der Waals surface area contributed by atoms with Crippen LogP contribution in [0.15, 0.2) is 30.3 Å².